The summed E-state index contributed by atoms with van der Waals surface area (Å²) in [7, 11) is -0.0885. The van der Waals surface area contributed by atoms with Gasteiger partial charge in [-0.15, -0.1) is 0 Å². The van der Waals surface area contributed by atoms with Gasteiger partial charge in [-0.05, 0) is 69.9 Å². The zero-order valence-electron chi connectivity index (χ0n) is 16.8. The molecule has 0 atom stereocenters. The molecule has 2 aliphatic heterocycles. The summed E-state index contributed by atoms with van der Waals surface area (Å²) >= 11 is 0. The van der Waals surface area contributed by atoms with Crippen molar-refractivity contribution in [2.45, 2.75) is 43.4 Å². The quantitative estimate of drug-likeness (QED) is 0.781. The zero-order chi connectivity index (χ0) is 20.1. The number of anilines is 1. The fourth-order valence-electron chi connectivity index (χ4n) is 3.94. The molecule has 2 saturated heterocycles. The minimum atomic E-state index is -3.64. The second-order valence-electron chi connectivity index (χ2n) is 7.83. The topological polar surface area (TPSA) is 79.0 Å². The predicted octanol–water partition coefficient (Wildman–Crippen LogP) is 2.54. The van der Waals surface area contributed by atoms with Crippen LogP contribution in [0.2, 0.25) is 0 Å². The van der Waals surface area contributed by atoms with Crippen LogP contribution in [0.25, 0.3) is 0 Å². The SMILES string of the molecule is COc1ccc(NC(=O)CC2CCN(C)CC2)cc1S(=O)(=O)N1CCCCC1. The Balaban J connectivity index is 1.72. The Morgan fingerprint density at radius 2 is 1.82 bits per heavy atom. The maximum Gasteiger partial charge on any atom is 0.246 e. The number of carbonyl (C=O) groups excluding carboxylic acids is 1. The summed E-state index contributed by atoms with van der Waals surface area (Å²) in [5.41, 5.74) is 0.495. The Hall–Kier alpha value is -1.64. The number of nitrogens with one attached hydrogen (secondary N) is 1. The second kappa shape index (κ2) is 9.24. The summed E-state index contributed by atoms with van der Waals surface area (Å²) in [5.74, 6) is 0.617. The number of sulfonamides is 1. The molecule has 0 aromatic heterocycles. The van der Waals surface area contributed by atoms with E-state index in [2.05, 4.69) is 17.3 Å². The van der Waals surface area contributed by atoms with Gasteiger partial charge >= 0.3 is 0 Å². The molecule has 0 aliphatic carbocycles. The predicted molar refractivity (Wildman–Crippen MR) is 109 cm³/mol. The van der Waals surface area contributed by atoms with Gasteiger partial charge in [0.1, 0.15) is 10.6 Å². The van der Waals surface area contributed by atoms with Gasteiger partial charge in [0, 0.05) is 25.2 Å². The molecule has 1 aromatic rings. The van der Waals surface area contributed by atoms with Crippen molar-refractivity contribution in [2.75, 3.05) is 45.7 Å². The third-order valence-corrected chi connectivity index (χ3v) is 7.61. The molecule has 2 fully saturated rings. The minimum Gasteiger partial charge on any atom is -0.495 e. The highest BCUT2D eigenvalue weighted by molar-refractivity contribution is 7.89. The molecule has 1 aromatic carbocycles. The first kappa shape index (κ1) is 21.1. The van der Waals surface area contributed by atoms with Crippen LogP contribution in [0.4, 0.5) is 5.69 Å². The first-order valence-corrected chi connectivity index (χ1v) is 11.5. The highest BCUT2D eigenvalue weighted by Crippen LogP contribution is 2.31. The number of rotatable bonds is 6. The summed E-state index contributed by atoms with van der Waals surface area (Å²) in [4.78, 5) is 14.9. The lowest BCUT2D eigenvalue weighted by Gasteiger charge is -2.28. The molecule has 1 N–H and O–H groups in total. The number of benzene rings is 1. The van der Waals surface area contributed by atoms with E-state index >= 15 is 0 Å². The Labute approximate surface area is 168 Å². The van der Waals surface area contributed by atoms with Gasteiger partial charge in [-0.25, -0.2) is 8.42 Å². The lowest BCUT2D eigenvalue weighted by molar-refractivity contribution is -0.117. The summed E-state index contributed by atoms with van der Waals surface area (Å²) in [6.45, 7) is 3.08. The molecular formula is C20H31N3O4S. The van der Waals surface area contributed by atoms with Crippen LogP contribution >= 0.6 is 0 Å². The van der Waals surface area contributed by atoms with E-state index in [0.29, 0.717) is 36.9 Å². The van der Waals surface area contributed by atoms with Crippen molar-refractivity contribution in [2.24, 2.45) is 5.92 Å². The summed E-state index contributed by atoms with van der Waals surface area (Å²) in [6, 6.07) is 4.83. The molecule has 7 nitrogen and oxygen atoms in total. The summed E-state index contributed by atoms with van der Waals surface area (Å²) < 4.78 is 33.0. The van der Waals surface area contributed by atoms with E-state index < -0.39 is 10.0 Å². The molecule has 0 unspecified atom stereocenters. The standard InChI is InChI=1S/C20H31N3O4S/c1-22-12-8-16(9-13-22)14-20(24)21-17-6-7-18(27-2)19(15-17)28(25,26)23-10-4-3-5-11-23/h6-7,15-16H,3-5,8-14H2,1-2H3,(H,21,24). The monoisotopic (exact) mass is 409 g/mol. The number of methoxy groups -OCH3 is 1. The normalized spacial score (nSPS) is 20.1. The minimum absolute atomic E-state index is 0.0685. The Morgan fingerprint density at radius 3 is 2.46 bits per heavy atom. The molecule has 0 spiro atoms. The van der Waals surface area contributed by atoms with Crippen molar-refractivity contribution in [1.82, 2.24) is 9.21 Å². The number of ether oxygens (including phenoxy) is 1. The maximum atomic E-state index is 13.1. The maximum absolute atomic E-state index is 13.1. The third-order valence-electron chi connectivity index (χ3n) is 5.69. The smallest absolute Gasteiger partial charge is 0.246 e. The number of carbonyl (C=O) groups is 1. The van der Waals surface area contributed by atoms with Gasteiger partial charge in [0.05, 0.1) is 7.11 Å². The molecule has 0 radical (unpaired) electrons. The van der Waals surface area contributed by atoms with Crippen LogP contribution in [0.5, 0.6) is 5.75 Å². The molecule has 0 bridgehead atoms. The van der Waals surface area contributed by atoms with Gasteiger partial charge in [-0.2, -0.15) is 4.31 Å². The summed E-state index contributed by atoms with van der Waals surface area (Å²) in [6.07, 6.45) is 5.29. The number of nitrogens with zero attached hydrogens (tertiary/aromatic N) is 2. The van der Waals surface area contributed by atoms with Crippen LogP contribution in [0, 0.1) is 5.92 Å². The van der Waals surface area contributed by atoms with Crippen molar-refractivity contribution < 1.29 is 17.9 Å². The largest absolute Gasteiger partial charge is 0.495 e. The molecule has 28 heavy (non-hydrogen) atoms. The van der Waals surface area contributed by atoms with Gasteiger partial charge in [0.25, 0.3) is 0 Å². The molecule has 156 valence electrons. The zero-order valence-corrected chi connectivity index (χ0v) is 17.6. The molecular weight excluding hydrogens is 378 g/mol. The van der Waals surface area contributed by atoms with Crippen LogP contribution in [0.15, 0.2) is 23.1 Å². The van der Waals surface area contributed by atoms with Crippen molar-refractivity contribution in [3.63, 3.8) is 0 Å². The van der Waals surface area contributed by atoms with Crippen LogP contribution in [-0.4, -0.2) is 63.9 Å². The molecule has 1 amide bonds. The van der Waals surface area contributed by atoms with E-state index in [1.165, 1.54) is 17.5 Å². The van der Waals surface area contributed by atoms with E-state index in [9.17, 15) is 13.2 Å². The lowest BCUT2D eigenvalue weighted by Crippen LogP contribution is -2.35. The van der Waals surface area contributed by atoms with E-state index in [0.717, 1.165) is 45.2 Å². The first-order valence-electron chi connectivity index (χ1n) is 10.1. The molecule has 0 saturated carbocycles. The average Bonchev–Trinajstić information content (AvgIpc) is 2.70. The highest BCUT2D eigenvalue weighted by atomic mass is 32.2. The lowest BCUT2D eigenvalue weighted by atomic mass is 9.93. The fraction of sp³-hybridized carbons (Fsp3) is 0.650. The second-order valence-corrected chi connectivity index (χ2v) is 9.74. The van der Waals surface area contributed by atoms with Crippen molar-refractivity contribution >= 4 is 21.6 Å². The van der Waals surface area contributed by atoms with Gasteiger partial charge in [0.2, 0.25) is 15.9 Å². The van der Waals surface area contributed by atoms with Gasteiger partial charge in [-0.3, -0.25) is 4.79 Å². The Kier molecular flexibility index (Phi) is 6.95. The van der Waals surface area contributed by atoms with Crippen molar-refractivity contribution in [3.05, 3.63) is 18.2 Å². The molecule has 3 rings (SSSR count). The van der Waals surface area contributed by atoms with E-state index in [1.54, 1.807) is 12.1 Å². The number of piperidine rings is 2. The van der Waals surface area contributed by atoms with Crippen LogP contribution in [0.3, 0.4) is 0 Å². The number of hydrogen-bond acceptors (Lipinski definition) is 5. The third kappa shape index (κ3) is 5.04. The van der Waals surface area contributed by atoms with E-state index in [4.69, 9.17) is 4.74 Å². The first-order chi connectivity index (χ1) is 13.4. The van der Waals surface area contributed by atoms with Crippen molar-refractivity contribution in [1.29, 1.82) is 0 Å². The van der Waals surface area contributed by atoms with Gasteiger partial charge in [-0.1, -0.05) is 6.42 Å². The molecule has 8 heteroatoms. The Morgan fingerprint density at radius 1 is 1.14 bits per heavy atom. The number of likely N-dealkylation sites (tertiary alicyclic amines) is 1. The van der Waals surface area contributed by atoms with Crippen LogP contribution in [0.1, 0.15) is 38.5 Å². The van der Waals surface area contributed by atoms with E-state index in [1.807, 2.05) is 0 Å². The highest BCUT2D eigenvalue weighted by Gasteiger charge is 2.29. The van der Waals surface area contributed by atoms with Crippen LogP contribution in [-0.2, 0) is 14.8 Å². The van der Waals surface area contributed by atoms with Crippen LogP contribution < -0.4 is 10.1 Å². The van der Waals surface area contributed by atoms with Gasteiger partial charge in [0.15, 0.2) is 0 Å². The summed E-state index contributed by atoms with van der Waals surface area (Å²) in [5, 5.41) is 2.88. The van der Waals surface area contributed by atoms with Crippen molar-refractivity contribution in [3.8, 4) is 5.75 Å². The molecule has 2 heterocycles. The fourth-order valence-corrected chi connectivity index (χ4v) is 5.64. The van der Waals surface area contributed by atoms with Gasteiger partial charge < -0.3 is 15.0 Å². The molecule has 2 aliphatic rings. The Bertz CT molecular complexity index is 783. The van der Waals surface area contributed by atoms with E-state index in [-0.39, 0.29) is 10.8 Å². The average molecular weight is 410 g/mol. The number of amides is 1. The number of hydrogen-bond donors (Lipinski definition) is 1.